The summed E-state index contributed by atoms with van der Waals surface area (Å²) in [6.07, 6.45) is 4.66. The lowest BCUT2D eigenvalue weighted by Crippen LogP contribution is -2.58. The van der Waals surface area contributed by atoms with Gasteiger partial charge in [-0.3, -0.25) is 9.69 Å². The standard InChI is InChI=1S/C22H35N3O3S/c1-18-10-9-14-24(16-18)22(2,3)17-23-21(26)20-13-7-8-15-25(20)29(27,28)19-11-5-4-6-12-19/h4-6,11-12,18,20H,7-10,13-17H2,1-3H3,(H,23,26). The number of rotatable bonds is 6. The Morgan fingerprint density at radius 1 is 1.10 bits per heavy atom. The molecule has 0 radical (unpaired) electrons. The van der Waals surface area contributed by atoms with Crippen molar-refractivity contribution in [2.24, 2.45) is 5.92 Å². The van der Waals surface area contributed by atoms with Crippen LogP contribution in [0.4, 0.5) is 0 Å². The molecule has 162 valence electrons. The van der Waals surface area contributed by atoms with Crippen molar-refractivity contribution in [3.05, 3.63) is 30.3 Å². The maximum Gasteiger partial charge on any atom is 0.243 e. The highest BCUT2D eigenvalue weighted by Gasteiger charge is 2.38. The van der Waals surface area contributed by atoms with Gasteiger partial charge >= 0.3 is 0 Å². The lowest BCUT2D eigenvalue weighted by atomic mass is 9.93. The predicted octanol–water partition coefficient (Wildman–Crippen LogP) is 2.86. The Hall–Kier alpha value is -1.44. The van der Waals surface area contributed by atoms with Crippen LogP contribution in [0.3, 0.4) is 0 Å². The van der Waals surface area contributed by atoms with Crippen molar-refractivity contribution >= 4 is 15.9 Å². The number of amides is 1. The molecule has 1 aromatic carbocycles. The van der Waals surface area contributed by atoms with Gasteiger partial charge in [0.2, 0.25) is 15.9 Å². The van der Waals surface area contributed by atoms with E-state index in [-0.39, 0.29) is 16.3 Å². The first kappa shape index (κ1) is 22.2. The molecule has 1 aromatic rings. The van der Waals surface area contributed by atoms with Gasteiger partial charge in [0.15, 0.2) is 0 Å². The van der Waals surface area contributed by atoms with Crippen LogP contribution < -0.4 is 5.32 Å². The van der Waals surface area contributed by atoms with E-state index >= 15 is 0 Å². The molecule has 29 heavy (non-hydrogen) atoms. The largest absolute Gasteiger partial charge is 0.353 e. The topological polar surface area (TPSA) is 69.7 Å². The molecule has 2 fully saturated rings. The second-order valence-electron chi connectivity index (χ2n) is 9.16. The van der Waals surface area contributed by atoms with Crippen molar-refractivity contribution in [3.8, 4) is 0 Å². The predicted molar refractivity (Wildman–Crippen MR) is 115 cm³/mol. The molecule has 0 aliphatic carbocycles. The maximum atomic E-state index is 13.1. The van der Waals surface area contributed by atoms with E-state index in [1.165, 1.54) is 17.1 Å². The fourth-order valence-corrected chi connectivity index (χ4v) is 6.13. The molecule has 2 aliphatic heterocycles. The Balaban J connectivity index is 1.68. The third-order valence-electron chi connectivity index (χ3n) is 6.31. The van der Waals surface area contributed by atoms with Crippen molar-refractivity contribution in [1.29, 1.82) is 0 Å². The number of benzene rings is 1. The lowest BCUT2D eigenvalue weighted by Gasteiger charge is -2.43. The van der Waals surface area contributed by atoms with Gasteiger partial charge in [0, 0.05) is 25.2 Å². The van der Waals surface area contributed by atoms with Crippen LogP contribution in [0.2, 0.25) is 0 Å². The summed E-state index contributed by atoms with van der Waals surface area (Å²) in [5.41, 5.74) is -0.151. The molecule has 0 saturated carbocycles. The number of sulfonamides is 1. The van der Waals surface area contributed by atoms with E-state index in [1.54, 1.807) is 30.3 Å². The van der Waals surface area contributed by atoms with Crippen LogP contribution in [0.25, 0.3) is 0 Å². The molecule has 6 nitrogen and oxygen atoms in total. The highest BCUT2D eigenvalue weighted by atomic mass is 32.2. The summed E-state index contributed by atoms with van der Waals surface area (Å²) in [7, 11) is -3.68. The zero-order valence-electron chi connectivity index (χ0n) is 17.9. The van der Waals surface area contributed by atoms with Gasteiger partial charge < -0.3 is 5.32 Å². The number of likely N-dealkylation sites (tertiary alicyclic amines) is 1. The average molecular weight is 422 g/mol. The summed E-state index contributed by atoms with van der Waals surface area (Å²) >= 11 is 0. The van der Waals surface area contributed by atoms with Gasteiger partial charge in [0.05, 0.1) is 4.90 Å². The van der Waals surface area contributed by atoms with Crippen LogP contribution in [-0.4, -0.2) is 61.3 Å². The molecular weight excluding hydrogens is 386 g/mol. The third kappa shape index (κ3) is 5.19. The Morgan fingerprint density at radius 3 is 2.52 bits per heavy atom. The molecule has 3 rings (SSSR count). The van der Waals surface area contributed by atoms with Gasteiger partial charge in [-0.25, -0.2) is 8.42 Å². The second kappa shape index (κ2) is 9.14. The number of carbonyl (C=O) groups is 1. The molecule has 1 amide bonds. The first-order chi connectivity index (χ1) is 13.7. The zero-order chi connectivity index (χ0) is 21.1. The minimum Gasteiger partial charge on any atom is -0.353 e. The number of hydrogen-bond donors (Lipinski definition) is 1. The van der Waals surface area contributed by atoms with E-state index in [2.05, 4.69) is 31.0 Å². The fraction of sp³-hybridized carbons (Fsp3) is 0.682. The molecule has 2 atom stereocenters. The fourth-order valence-electron chi connectivity index (χ4n) is 4.45. The monoisotopic (exact) mass is 421 g/mol. The van der Waals surface area contributed by atoms with Crippen molar-refractivity contribution in [2.75, 3.05) is 26.2 Å². The van der Waals surface area contributed by atoms with E-state index < -0.39 is 16.1 Å². The van der Waals surface area contributed by atoms with Crippen molar-refractivity contribution < 1.29 is 13.2 Å². The Kier molecular flexibility index (Phi) is 7.02. The molecule has 1 N–H and O–H groups in total. The normalized spacial score (nSPS) is 24.9. The van der Waals surface area contributed by atoms with Crippen LogP contribution >= 0.6 is 0 Å². The molecule has 2 saturated heterocycles. The van der Waals surface area contributed by atoms with Crippen LogP contribution in [0.1, 0.15) is 52.9 Å². The smallest absolute Gasteiger partial charge is 0.243 e. The molecule has 7 heteroatoms. The van der Waals surface area contributed by atoms with E-state index in [1.807, 2.05) is 0 Å². The molecule has 2 heterocycles. The van der Waals surface area contributed by atoms with E-state index in [9.17, 15) is 13.2 Å². The van der Waals surface area contributed by atoms with Crippen molar-refractivity contribution in [2.45, 2.75) is 69.4 Å². The highest BCUT2D eigenvalue weighted by Crippen LogP contribution is 2.26. The summed E-state index contributed by atoms with van der Waals surface area (Å²) in [4.78, 5) is 15.7. The average Bonchev–Trinajstić information content (AvgIpc) is 2.73. The van der Waals surface area contributed by atoms with E-state index in [4.69, 9.17) is 0 Å². The van der Waals surface area contributed by atoms with Gasteiger partial charge in [0.1, 0.15) is 6.04 Å². The van der Waals surface area contributed by atoms with Gasteiger partial charge in [-0.05, 0) is 64.1 Å². The van der Waals surface area contributed by atoms with Crippen LogP contribution in [0.15, 0.2) is 35.2 Å². The maximum absolute atomic E-state index is 13.1. The molecule has 0 spiro atoms. The Labute approximate surface area is 175 Å². The first-order valence-corrected chi connectivity index (χ1v) is 12.3. The number of piperidine rings is 2. The van der Waals surface area contributed by atoms with E-state index in [0.29, 0.717) is 25.4 Å². The molecule has 2 unspecified atom stereocenters. The summed E-state index contributed by atoms with van der Waals surface area (Å²) < 4.78 is 27.6. The van der Waals surface area contributed by atoms with Gasteiger partial charge in [-0.2, -0.15) is 4.31 Å². The number of nitrogens with one attached hydrogen (secondary N) is 1. The quantitative estimate of drug-likeness (QED) is 0.767. The third-order valence-corrected chi connectivity index (χ3v) is 8.24. The number of hydrogen-bond acceptors (Lipinski definition) is 4. The molecule has 2 aliphatic rings. The summed E-state index contributed by atoms with van der Waals surface area (Å²) in [5, 5.41) is 3.07. The Bertz CT molecular complexity index is 795. The summed E-state index contributed by atoms with van der Waals surface area (Å²) in [6, 6.07) is 7.79. The lowest BCUT2D eigenvalue weighted by molar-refractivity contribution is -0.126. The van der Waals surface area contributed by atoms with E-state index in [0.717, 1.165) is 25.9 Å². The van der Waals surface area contributed by atoms with Gasteiger partial charge in [-0.15, -0.1) is 0 Å². The van der Waals surface area contributed by atoms with Crippen LogP contribution in [0, 0.1) is 5.92 Å². The Morgan fingerprint density at radius 2 is 1.83 bits per heavy atom. The van der Waals surface area contributed by atoms with Gasteiger partial charge in [0.25, 0.3) is 0 Å². The molecule has 0 aromatic heterocycles. The molecular formula is C22H35N3O3S. The second-order valence-corrected chi connectivity index (χ2v) is 11.1. The highest BCUT2D eigenvalue weighted by molar-refractivity contribution is 7.89. The zero-order valence-corrected chi connectivity index (χ0v) is 18.7. The number of carbonyl (C=O) groups excluding carboxylic acids is 1. The number of nitrogens with zero attached hydrogens (tertiary/aromatic N) is 2. The van der Waals surface area contributed by atoms with Crippen LogP contribution in [-0.2, 0) is 14.8 Å². The van der Waals surface area contributed by atoms with Crippen molar-refractivity contribution in [1.82, 2.24) is 14.5 Å². The SMILES string of the molecule is CC1CCCN(C(C)(C)CNC(=O)C2CCCCN2S(=O)(=O)c2ccccc2)C1. The van der Waals surface area contributed by atoms with Gasteiger partial charge in [-0.1, -0.05) is 31.5 Å². The van der Waals surface area contributed by atoms with Crippen LogP contribution in [0.5, 0.6) is 0 Å². The summed E-state index contributed by atoms with van der Waals surface area (Å²) in [5.74, 6) is 0.492. The minimum absolute atomic E-state index is 0.151. The first-order valence-electron chi connectivity index (χ1n) is 10.8. The minimum atomic E-state index is -3.68. The van der Waals surface area contributed by atoms with Crippen molar-refractivity contribution in [3.63, 3.8) is 0 Å². The molecule has 0 bridgehead atoms. The summed E-state index contributed by atoms with van der Waals surface area (Å²) in [6.45, 7) is 9.59.